The smallest absolute Gasteiger partial charge is 0.184 e. The van der Waals surface area contributed by atoms with E-state index >= 15 is 0 Å². The Morgan fingerprint density at radius 1 is 1.50 bits per heavy atom. The van der Waals surface area contributed by atoms with Crippen molar-refractivity contribution >= 4 is 11.0 Å². The molecule has 2 rings (SSSR count). The Morgan fingerprint density at radius 2 is 2.33 bits per heavy atom. The number of hydrogen-bond donors (Lipinski definition) is 0. The monoisotopic (exact) mass is 158 g/mol. The van der Waals surface area contributed by atoms with E-state index in [1.807, 2.05) is 13.0 Å². The molecule has 0 fully saturated rings. The van der Waals surface area contributed by atoms with Gasteiger partial charge in [-0.2, -0.15) is 5.26 Å². The average molecular weight is 158 g/mol. The van der Waals surface area contributed by atoms with Crippen LogP contribution in [-0.4, -0.2) is 5.16 Å². The van der Waals surface area contributed by atoms with Crippen LogP contribution in [0.15, 0.2) is 22.9 Å². The molecular weight excluding hydrogens is 152 g/mol. The summed E-state index contributed by atoms with van der Waals surface area (Å²) in [5.74, 6) is 0. The van der Waals surface area contributed by atoms with Crippen LogP contribution in [0.4, 0.5) is 0 Å². The van der Waals surface area contributed by atoms with Crippen molar-refractivity contribution in [3.63, 3.8) is 0 Å². The van der Waals surface area contributed by atoms with Crippen LogP contribution >= 0.6 is 0 Å². The van der Waals surface area contributed by atoms with Gasteiger partial charge in [0.15, 0.2) is 5.58 Å². The third-order valence-corrected chi connectivity index (χ3v) is 1.72. The molecule has 0 amide bonds. The molecule has 0 unspecified atom stereocenters. The van der Waals surface area contributed by atoms with Gasteiger partial charge in [-0.25, -0.2) is 0 Å². The van der Waals surface area contributed by atoms with E-state index in [2.05, 4.69) is 11.2 Å². The number of nitrogens with zero attached hydrogens (tertiary/aromatic N) is 2. The lowest BCUT2D eigenvalue weighted by atomic mass is 10.1. The molecule has 0 saturated carbocycles. The van der Waals surface area contributed by atoms with Crippen molar-refractivity contribution in [1.82, 2.24) is 5.16 Å². The van der Waals surface area contributed by atoms with E-state index in [1.54, 1.807) is 12.3 Å². The van der Waals surface area contributed by atoms with Gasteiger partial charge in [-0.05, 0) is 24.6 Å². The minimum atomic E-state index is 0.544. The van der Waals surface area contributed by atoms with Crippen molar-refractivity contribution < 1.29 is 4.52 Å². The number of hydrogen-bond acceptors (Lipinski definition) is 3. The van der Waals surface area contributed by atoms with E-state index in [-0.39, 0.29) is 0 Å². The van der Waals surface area contributed by atoms with Crippen LogP contribution in [0.2, 0.25) is 0 Å². The van der Waals surface area contributed by atoms with Crippen LogP contribution in [0.25, 0.3) is 11.0 Å². The molecule has 0 atom stereocenters. The first-order valence-electron chi connectivity index (χ1n) is 3.56. The second kappa shape index (κ2) is 2.35. The SMILES string of the molecule is Cc1cc(C#N)c2oncc2c1. The summed E-state index contributed by atoms with van der Waals surface area (Å²) in [4.78, 5) is 0. The Morgan fingerprint density at radius 3 is 3.08 bits per heavy atom. The molecular formula is C9H6N2O. The Balaban J connectivity index is 2.91. The molecule has 12 heavy (non-hydrogen) atoms. The molecule has 3 nitrogen and oxygen atoms in total. The predicted octanol–water partition coefficient (Wildman–Crippen LogP) is 2.01. The van der Waals surface area contributed by atoms with Crippen molar-refractivity contribution in [1.29, 1.82) is 5.26 Å². The summed E-state index contributed by atoms with van der Waals surface area (Å²) in [5.41, 5.74) is 2.16. The minimum absolute atomic E-state index is 0.544. The molecule has 58 valence electrons. The van der Waals surface area contributed by atoms with Crippen LogP contribution in [0.1, 0.15) is 11.1 Å². The van der Waals surface area contributed by atoms with Crippen LogP contribution in [0.5, 0.6) is 0 Å². The molecule has 0 saturated heterocycles. The van der Waals surface area contributed by atoms with E-state index in [9.17, 15) is 0 Å². The van der Waals surface area contributed by atoms with Crippen molar-refractivity contribution in [2.75, 3.05) is 0 Å². The van der Waals surface area contributed by atoms with E-state index in [0.29, 0.717) is 11.1 Å². The molecule has 0 N–H and O–H groups in total. The zero-order valence-electron chi connectivity index (χ0n) is 6.53. The molecule has 1 aromatic heterocycles. The number of aryl methyl sites for hydroxylation is 1. The summed E-state index contributed by atoms with van der Waals surface area (Å²) in [6.07, 6.45) is 1.61. The fourth-order valence-corrected chi connectivity index (χ4v) is 1.22. The minimum Gasteiger partial charge on any atom is -0.355 e. The van der Waals surface area contributed by atoms with Gasteiger partial charge in [0.25, 0.3) is 0 Å². The third-order valence-electron chi connectivity index (χ3n) is 1.72. The Hall–Kier alpha value is -1.82. The molecule has 2 aromatic rings. The van der Waals surface area contributed by atoms with E-state index in [4.69, 9.17) is 9.78 Å². The van der Waals surface area contributed by atoms with Crippen molar-refractivity contribution in [2.24, 2.45) is 0 Å². The standard InChI is InChI=1S/C9H6N2O/c1-6-2-7(4-10)9-8(3-6)5-11-12-9/h2-3,5H,1H3. The first kappa shape index (κ1) is 6.86. The maximum atomic E-state index is 8.74. The molecule has 0 aliphatic rings. The fraction of sp³-hybridized carbons (Fsp3) is 0.111. The quantitative estimate of drug-likeness (QED) is 0.589. The zero-order valence-corrected chi connectivity index (χ0v) is 6.53. The first-order valence-corrected chi connectivity index (χ1v) is 3.56. The second-order valence-electron chi connectivity index (χ2n) is 2.67. The number of nitriles is 1. The third kappa shape index (κ3) is 0.857. The lowest BCUT2D eigenvalue weighted by molar-refractivity contribution is 0.456. The fourth-order valence-electron chi connectivity index (χ4n) is 1.22. The highest BCUT2D eigenvalue weighted by Gasteiger charge is 2.05. The Kier molecular flexibility index (Phi) is 1.34. The molecule has 1 heterocycles. The summed E-state index contributed by atoms with van der Waals surface area (Å²) < 4.78 is 4.92. The molecule has 1 aromatic carbocycles. The normalized spacial score (nSPS) is 10.0. The van der Waals surface area contributed by atoms with Gasteiger partial charge in [-0.15, -0.1) is 0 Å². The Bertz CT molecular complexity index is 465. The molecule has 0 bridgehead atoms. The molecule has 0 spiro atoms. The van der Waals surface area contributed by atoms with Gasteiger partial charge >= 0.3 is 0 Å². The maximum absolute atomic E-state index is 8.74. The van der Waals surface area contributed by atoms with Crippen LogP contribution < -0.4 is 0 Å². The highest BCUT2D eigenvalue weighted by atomic mass is 16.5. The largest absolute Gasteiger partial charge is 0.355 e. The zero-order chi connectivity index (χ0) is 8.55. The second-order valence-corrected chi connectivity index (χ2v) is 2.67. The number of rotatable bonds is 0. The van der Waals surface area contributed by atoms with Gasteiger partial charge in [0, 0.05) is 5.39 Å². The highest BCUT2D eigenvalue weighted by molar-refractivity contribution is 5.82. The predicted molar refractivity (Wildman–Crippen MR) is 43.5 cm³/mol. The van der Waals surface area contributed by atoms with Gasteiger partial charge in [0.1, 0.15) is 6.07 Å². The number of fused-ring (bicyclic) bond motifs is 1. The molecule has 3 heteroatoms. The maximum Gasteiger partial charge on any atom is 0.184 e. The van der Waals surface area contributed by atoms with Crippen LogP contribution in [0.3, 0.4) is 0 Å². The van der Waals surface area contributed by atoms with E-state index in [0.717, 1.165) is 10.9 Å². The number of aromatic nitrogens is 1. The topological polar surface area (TPSA) is 49.8 Å². The van der Waals surface area contributed by atoms with E-state index < -0.39 is 0 Å². The van der Waals surface area contributed by atoms with Crippen LogP contribution in [-0.2, 0) is 0 Å². The molecule has 0 aliphatic carbocycles. The highest BCUT2D eigenvalue weighted by Crippen LogP contribution is 2.19. The van der Waals surface area contributed by atoms with Gasteiger partial charge in [0.05, 0.1) is 11.8 Å². The first-order chi connectivity index (χ1) is 5.81. The van der Waals surface area contributed by atoms with Gasteiger partial charge in [0.2, 0.25) is 0 Å². The Labute approximate surface area is 69.2 Å². The van der Waals surface area contributed by atoms with Gasteiger partial charge in [-0.3, -0.25) is 0 Å². The lowest BCUT2D eigenvalue weighted by Gasteiger charge is -1.92. The molecule has 0 radical (unpaired) electrons. The van der Waals surface area contributed by atoms with Crippen molar-refractivity contribution in [3.8, 4) is 6.07 Å². The van der Waals surface area contributed by atoms with Gasteiger partial charge in [-0.1, -0.05) is 5.16 Å². The average Bonchev–Trinajstić information content (AvgIpc) is 2.50. The summed E-state index contributed by atoms with van der Waals surface area (Å²) in [6, 6.07) is 5.79. The van der Waals surface area contributed by atoms with Crippen molar-refractivity contribution in [3.05, 3.63) is 29.5 Å². The van der Waals surface area contributed by atoms with Crippen molar-refractivity contribution in [2.45, 2.75) is 6.92 Å². The number of benzene rings is 1. The van der Waals surface area contributed by atoms with Gasteiger partial charge < -0.3 is 4.52 Å². The molecule has 0 aliphatic heterocycles. The van der Waals surface area contributed by atoms with Crippen LogP contribution in [0, 0.1) is 18.3 Å². The lowest BCUT2D eigenvalue weighted by Crippen LogP contribution is -1.78. The van der Waals surface area contributed by atoms with E-state index in [1.165, 1.54) is 0 Å². The summed E-state index contributed by atoms with van der Waals surface area (Å²) >= 11 is 0. The summed E-state index contributed by atoms with van der Waals surface area (Å²) in [5, 5.41) is 13.2. The summed E-state index contributed by atoms with van der Waals surface area (Å²) in [6.45, 7) is 1.94. The summed E-state index contributed by atoms with van der Waals surface area (Å²) in [7, 11) is 0.